The van der Waals surface area contributed by atoms with Crippen LogP contribution in [-0.2, 0) is 22.7 Å². The van der Waals surface area contributed by atoms with Gasteiger partial charge in [-0.1, -0.05) is 43.2 Å². The Labute approximate surface area is 206 Å². The minimum atomic E-state index is -3.24. The molecule has 0 spiro atoms. The summed E-state index contributed by atoms with van der Waals surface area (Å²) in [6.45, 7) is 2.31. The van der Waals surface area contributed by atoms with Crippen LogP contribution in [0.3, 0.4) is 0 Å². The molecule has 1 aliphatic carbocycles. The normalized spacial score (nSPS) is 17.5. The minimum absolute atomic E-state index is 0.302. The molecular formula is C28H30N4O2S. The molecule has 2 aromatic carbocycles. The molecule has 3 heterocycles. The smallest absolute Gasteiger partial charge is 0.175 e. The second-order valence-corrected chi connectivity index (χ2v) is 12.0. The van der Waals surface area contributed by atoms with Gasteiger partial charge in [0.15, 0.2) is 15.5 Å². The summed E-state index contributed by atoms with van der Waals surface area (Å²) < 4.78 is 23.6. The number of sulfone groups is 1. The third-order valence-electron chi connectivity index (χ3n) is 7.69. The van der Waals surface area contributed by atoms with E-state index in [4.69, 9.17) is 0 Å². The third kappa shape index (κ3) is 4.39. The summed E-state index contributed by atoms with van der Waals surface area (Å²) in [5.74, 6) is 0. The lowest BCUT2D eigenvalue weighted by atomic mass is 9.96. The zero-order valence-corrected chi connectivity index (χ0v) is 20.8. The second kappa shape index (κ2) is 8.88. The highest BCUT2D eigenvalue weighted by Crippen LogP contribution is 2.32. The van der Waals surface area contributed by atoms with Gasteiger partial charge in [0, 0.05) is 48.1 Å². The van der Waals surface area contributed by atoms with E-state index in [1.165, 1.54) is 55.2 Å². The van der Waals surface area contributed by atoms with Crippen molar-refractivity contribution in [2.24, 2.45) is 0 Å². The molecule has 4 aromatic rings. The van der Waals surface area contributed by atoms with E-state index in [2.05, 4.69) is 44.3 Å². The second-order valence-electron chi connectivity index (χ2n) is 9.95. The van der Waals surface area contributed by atoms with Gasteiger partial charge in [0.05, 0.1) is 4.90 Å². The topological polar surface area (TPSA) is 79.0 Å². The first-order chi connectivity index (χ1) is 17.0. The molecule has 6 nitrogen and oxygen atoms in total. The number of rotatable bonds is 4. The molecule has 7 heteroatoms. The summed E-state index contributed by atoms with van der Waals surface area (Å²) in [6.07, 6.45) is 10.8. The highest BCUT2D eigenvalue weighted by atomic mass is 32.2. The predicted molar refractivity (Wildman–Crippen MR) is 139 cm³/mol. The molecule has 1 saturated carbocycles. The van der Waals surface area contributed by atoms with E-state index in [1.807, 2.05) is 6.20 Å². The lowest BCUT2D eigenvalue weighted by molar-refractivity contribution is 0.208. The van der Waals surface area contributed by atoms with Crippen LogP contribution in [-0.4, -0.2) is 53.9 Å². The first kappa shape index (κ1) is 22.4. The van der Waals surface area contributed by atoms with E-state index in [9.17, 15) is 8.42 Å². The van der Waals surface area contributed by atoms with Gasteiger partial charge in [0.1, 0.15) is 5.69 Å². The van der Waals surface area contributed by atoms with E-state index in [-0.39, 0.29) is 0 Å². The Balaban J connectivity index is 1.30. The lowest BCUT2D eigenvalue weighted by Gasteiger charge is -2.26. The number of aromatic amines is 1. The number of hydrogen-bond acceptors (Lipinski definition) is 5. The van der Waals surface area contributed by atoms with Gasteiger partial charge in [0.25, 0.3) is 0 Å². The van der Waals surface area contributed by atoms with Crippen LogP contribution in [0, 0.1) is 0 Å². The van der Waals surface area contributed by atoms with Gasteiger partial charge in [-0.25, -0.2) is 13.4 Å². The van der Waals surface area contributed by atoms with Crippen molar-refractivity contribution in [3.8, 4) is 22.4 Å². The van der Waals surface area contributed by atoms with Gasteiger partial charge in [-0.2, -0.15) is 5.10 Å². The van der Waals surface area contributed by atoms with Crippen LogP contribution in [0.4, 0.5) is 0 Å². The maximum atomic E-state index is 11.8. The van der Waals surface area contributed by atoms with Crippen molar-refractivity contribution in [3.05, 3.63) is 65.9 Å². The van der Waals surface area contributed by atoms with Gasteiger partial charge in [-0.05, 0) is 60.6 Å². The summed E-state index contributed by atoms with van der Waals surface area (Å²) in [5, 5.41) is 8.42. The van der Waals surface area contributed by atoms with Gasteiger partial charge in [-0.3, -0.25) is 10.00 Å². The average Bonchev–Trinajstić information content (AvgIpc) is 3.49. The molecule has 0 saturated heterocycles. The molecule has 0 bridgehead atoms. The molecule has 0 unspecified atom stereocenters. The average molecular weight is 487 g/mol. The van der Waals surface area contributed by atoms with Crippen molar-refractivity contribution in [1.82, 2.24) is 20.1 Å². The molecule has 1 fully saturated rings. The monoisotopic (exact) mass is 486 g/mol. The zero-order valence-electron chi connectivity index (χ0n) is 20.0. The van der Waals surface area contributed by atoms with Crippen LogP contribution in [0.5, 0.6) is 0 Å². The quantitative estimate of drug-likeness (QED) is 0.437. The summed E-state index contributed by atoms with van der Waals surface area (Å²) >= 11 is 0. The van der Waals surface area contributed by atoms with Crippen LogP contribution in [0.15, 0.2) is 59.6 Å². The van der Waals surface area contributed by atoms with Gasteiger partial charge >= 0.3 is 0 Å². The molecule has 0 atom stereocenters. The molecule has 35 heavy (non-hydrogen) atoms. The summed E-state index contributed by atoms with van der Waals surface area (Å²) in [6, 6.07) is 16.6. The SMILES string of the molecule is CS(=O)(=O)c1ccc(-c2n[nH]c3ncc(-c4ccc5c(c4)CCN(C4CCCC4)CC5)cc23)cc1. The van der Waals surface area contributed by atoms with Crippen LogP contribution in [0.25, 0.3) is 33.4 Å². The Hall–Kier alpha value is -3.03. The Morgan fingerprint density at radius 3 is 2.34 bits per heavy atom. The Morgan fingerprint density at radius 2 is 1.60 bits per heavy atom. The van der Waals surface area contributed by atoms with Crippen molar-refractivity contribution < 1.29 is 8.42 Å². The summed E-state index contributed by atoms with van der Waals surface area (Å²) in [7, 11) is -3.24. The van der Waals surface area contributed by atoms with E-state index in [0.29, 0.717) is 4.90 Å². The number of nitrogens with one attached hydrogen (secondary N) is 1. The first-order valence-electron chi connectivity index (χ1n) is 12.5. The van der Waals surface area contributed by atoms with E-state index in [0.717, 1.165) is 53.3 Å². The molecule has 1 N–H and O–H groups in total. The van der Waals surface area contributed by atoms with Gasteiger partial charge in [0.2, 0.25) is 0 Å². The number of aromatic nitrogens is 3. The maximum Gasteiger partial charge on any atom is 0.175 e. The molecule has 180 valence electrons. The predicted octanol–water partition coefficient (Wildman–Crippen LogP) is 5.04. The van der Waals surface area contributed by atoms with Gasteiger partial charge < -0.3 is 0 Å². The van der Waals surface area contributed by atoms with Crippen LogP contribution >= 0.6 is 0 Å². The fraction of sp³-hybridized carbons (Fsp3) is 0.357. The standard InChI is InChI=1S/C28H30N4O2S/c1-35(33,34)25-10-8-20(9-11-25)27-26-17-23(18-29-28(26)31-30-27)21-7-6-19-12-14-32(15-13-22(19)16-21)24-4-2-3-5-24/h6-11,16-18,24H,2-5,12-15H2,1H3,(H,29,30,31). The molecule has 0 amide bonds. The zero-order chi connectivity index (χ0) is 24.0. The highest BCUT2D eigenvalue weighted by molar-refractivity contribution is 7.90. The number of H-pyrrole nitrogens is 1. The lowest BCUT2D eigenvalue weighted by Crippen LogP contribution is -2.35. The van der Waals surface area contributed by atoms with E-state index in [1.54, 1.807) is 24.3 Å². The van der Waals surface area contributed by atoms with Crippen molar-refractivity contribution in [3.63, 3.8) is 0 Å². The summed E-state index contributed by atoms with van der Waals surface area (Å²) in [5.41, 5.74) is 7.51. The molecule has 0 radical (unpaired) electrons. The number of fused-ring (bicyclic) bond motifs is 2. The van der Waals surface area contributed by atoms with E-state index >= 15 is 0 Å². The molecule has 1 aliphatic heterocycles. The molecule has 6 rings (SSSR count). The number of hydrogen-bond donors (Lipinski definition) is 1. The number of benzene rings is 2. The molecule has 2 aliphatic rings. The number of pyridine rings is 1. The van der Waals surface area contributed by atoms with E-state index < -0.39 is 9.84 Å². The number of nitrogens with zero attached hydrogens (tertiary/aromatic N) is 3. The van der Waals surface area contributed by atoms with Crippen molar-refractivity contribution in [2.75, 3.05) is 19.3 Å². The fourth-order valence-electron chi connectivity index (χ4n) is 5.70. The van der Waals surface area contributed by atoms with Crippen LogP contribution in [0.1, 0.15) is 36.8 Å². The Kier molecular flexibility index (Phi) is 5.69. The highest BCUT2D eigenvalue weighted by Gasteiger charge is 2.24. The van der Waals surface area contributed by atoms with Crippen molar-refractivity contribution in [1.29, 1.82) is 0 Å². The van der Waals surface area contributed by atoms with Crippen LogP contribution < -0.4 is 0 Å². The molecular weight excluding hydrogens is 456 g/mol. The first-order valence-corrected chi connectivity index (χ1v) is 14.4. The third-order valence-corrected chi connectivity index (χ3v) is 8.82. The maximum absolute atomic E-state index is 11.8. The molecule has 2 aromatic heterocycles. The summed E-state index contributed by atoms with van der Waals surface area (Å²) in [4.78, 5) is 7.65. The van der Waals surface area contributed by atoms with Gasteiger partial charge in [-0.15, -0.1) is 0 Å². The Morgan fingerprint density at radius 1 is 0.886 bits per heavy atom. The van der Waals surface area contributed by atoms with Crippen LogP contribution in [0.2, 0.25) is 0 Å². The fourth-order valence-corrected chi connectivity index (χ4v) is 6.33. The minimum Gasteiger partial charge on any atom is -0.300 e. The van der Waals surface area contributed by atoms with Crippen molar-refractivity contribution >= 4 is 20.9 Å². The largest absolute Gasteiger partial charge is 0.300 e. The Bertz CT molecular complexity index is 1490. The van der Waals surface area contributed by atoms with Crippen molar-refractivity contribution in [2.45, 2.75) is 49.5 Å².